The van der Waals surface area contributed by atoms with Crippen LogP contribution >= 0.6 is 21.6 Å². The molecule has 0 aliphatic heterocycles. The van der Waals surface area contributed by atoms with Gasteiger partial charge in [0.1, 0.15) is 5.03 Å². The number of aromatic hydroxyl groups is 2. The minimum atomic E-state index is -0.661. The van der Waals surface area contributed by atoms with Crippen LogP contribution in [0.3, 0.4) is 0 Å². The minimum absolute atomic E-state index is 0.00691. The first kappa shape index (κ1) is 30.7. The lowest BCUT2D eigenvalue weighted by molar-refractivity contribution is -0.146. The van der Waals surface area contributed by atoms with Crippen LogP contribution in [0.4, 0.5) is 0 Å². The van der Waals surface area contributed by atoms with E-state index < -0.39 is 5.97 Å². The van der Waals surface area contributed by atoms with Crippen LogP contribution < -0.4 is 10.2 Å². The van der Waals surface area contributed by atoms with E-state index in [-0.39, 0.29) is 30.7 Å². The number of ether oxygens (including phenoxy) is 4. The van der Waals surface area contributed by atoms with Crippen molar-refractivity contribution in [3.05, 3.63) is 36.5 Å². The van der Waals surface area contributed by atoms with Crippen molar-refractivity contribution in [3.63, 3.8) is 0 Å². The molecule has 3 N–H and O–H groups in total. The van der Waals surface area contributed by atoms with Crippen LogP contribution in [0.1, 0.15) is 12.8 Å². The summed E-state index contributed by atoms with van der Waals surface area (Å²) in [5.41, 5.74) is 0. The van der Waals surface area contributed by atoms with Crippen LogP contribution in [0.5, 0.6) is 11.8 Å². The van der Waals surface area contributed by atoms with Gasteiger partial charge in [-0.1, -0.05) is 16.9 Å². The predicted molar refractivity (Wildman–Crippen MR) is 137 cm³/mol. The molecule has 0 saturated carbocycles. The van der Waals surface area contributed by atoms with Gasteiger partial charge in [0, 0.05) is 37.0 Å². The molecule has 0 aromatic carbocycles. The van der Waals surface area contributed by atoms with Gasteiger partial charge in [-0.2, -0.15) is 0 Å². The molecule has 2 rings (SSSR count). The second-order valence-electron chi connectivity index (χ2n) is 7.18. The van der Waals surface area contributed by atoms with Crippen LogP contribution in [0, 0.1) is 0 Å². The van der Waals surface area contributed by atoms with Crippen molar-refractivity contribution < 1.29 is 43.6 Å². The fourth-order valence-corrected chi connectivity index (χ4v) is 4.41. The zero-order valence-corrected chi connectivity index (χ0v) is 22.0. The molecule has 14 heteroatoms. The molecule has 206 valence electrons. The van der Waals surface area contributed by atoms with Crippen molar-refractivity contribution in [1.29, 1.82) is 0 Å². The van der Waals surface area contributed by atoms with E-state index in [9.17, 15) is 19.8 Å². The molecular weight excluding hydrogens is 526 g/mol. The lowest BCUT2D eigenvalue weighted by atomic mass is 10.4. The van der Waals surface area contributed by atoms with E-state index in [4.69, 9.17) is 23.8 Å². The lowest BCUT2D eigenvalue weighted by Crippen LogP contribution is -2.27. The summed E-state index contributed by atoms with van der Waals surface area (Å²) >= 11 is 0. The van der Waals surface area contributed by atoms with Gasteiger partial charge in [-0.15, -0.1) is 4.73 Å². The van der Waals surface area contributed by atoms with E-state index >= 15 is 0 Å². The largest absolute Gasteiger partial charge is 0.492 e. The Morgan fingerprint density at radius 3 is 2.08 bits per heavy atom. The summed E-state index contributed by atoms with van der Waals surface area (Å²) in [5, 5.41) is 22.5. The maximum Gasteiger partial charge on any atom is 0.335 e. The van der Waals surface area contributed by atoms with Crippen LogP contribution in [-0.2, 0) is 28.5 Å². The molecule has 0 aliphatic rings. The van der Waals surface area contributed by atoms with Gasteiger partial charge in [0.2, 0.25) is 17.7 Å². The topological polar surface area (TPSA) is 151 Å². The summed E-state index contributed by atoms with van der Waals surface area (Å²) in [6.07, 6.45) is 2.14. The molecule has 2 aromatic rings. The Labute approximate surface area is 223 Å². The SMILES string of the molecule is O=C(CCSSc1ccccn1)NCCOCCOCCOCCOCCC(=O)On1c(O)ccc1O. The molecule has 2 heterocycles. The molecular formula is C23H33N3O9S2. The summed E-state index contributed by atoms with van der Waals surface area (Å²) in [6, 6.07) is 8.13. The first-order valence-electron chi connectivity index (χ1n) is 11.7. The third-order valence-corrected chi connectivity index (χ3v) is 6.59. The number of carbonyl (C=O) groups excluding carboxylic acids is 2. The van der Waals surface area contributed by atoms with Crippen LogP contribution in [-0.4, -0.2) is 97.0 Å². The van der Waals surface area contributed by atoms with E-state index in [1.807, 2.05) is 18.2 Å². The Bertz CT molecular complexity index is 883. The third-order valence-electron chi connectivity index (χ3n) is 4.32. The number of amides is 1. The van der Waals surface area contributed by atoms with Gasteiger partial charge in [-0.05, 0) is 22.9 Å². The van der Waals surface area contributed by atoms with E-state index in [2.05, 4.69) is 10.3 Å². The molecule has 0 unspecified atom stereocenters. The smallest absolute Gasteiger partial charge is 0.335 e. The van der Waals surface area contributed by atoms with E-state index in [0.29, 0.717) is 69.7 Å². The Morgan fingerprint density at radius 2 is 1.46 bits per heavy atom. The van der Waals surface area contributed by atoms with E-state index in [1.165, 1.54) is 12.1 Å². The molecule has 0 spiro atoms. The molecule has 0 saturated heterocycles. The number of rotatable bonds is 21. The average Bonchev–Trinajstić information content (AvgIpc) is 3.21. The minimum Gasteiger partial charge on any atom is -0.492 e. The normalized spacial score (nSPS) is 10.9. The van der Waals surface area contributed by atoms with Crippen molar-refractivity contribution in [3.8, 4) is 11.8 Å². The van der Waals surface area contributed by atoms with E-state index in [1.54, 1.807) is 27.8 Å². The summed E-state index contributed by atoms with van der Waals surface area (Å²) < 4.78 is 22.1. The number of carbonyl (C=O) groups is 2. The second kappa shape index (κ2) is 19.6. The van der Waals surface area contributed by atoms with Crippen LogP contribution in [0.15, 0.2) is 41.6 Å². The highest BCUT2D eigenvalue weighted by Gasteiger charge is 2.11. The monoisotopic (exact) mass is 559 g/mol. The maximum atomic E-state index is 11.8. The number of nitrogens with one attached hydrogen (secondary N) is 1. The first-order chi connectivity index (χ1) is 18.1. The maximum absolute atomic E-state index is 11.8. The number of hydrogen-bond donors (Lipinski definition) is 3. The van der Waals surface area contributed by atoms with Crippen molar-refractivity contribution >= 4 is 33.5 Å². The van der Waals surface area contributed by atoms with Crippen molar-refractivity contribution in [2.24, 2.45) is 0 Å². The summed E-state index contributed by atoms with van der Waals surface area (Å²) in [4.78, 5) is 32.4. The zero-order valence-electron chi connectivity index (χ0n) is 20.4. The van der Waals surface area contributed by atoms with Gasteiger partial charge in [0.05, 0.1) is 59.3 Å². The number of aromatic nitrogens is 2. The van der Waals surface area contributed by atoms with Gasteiger partial charge < -0.3 is 39.3 Å². The molecule has 0 aliphatic carbocycles. The summed E-state index contributed by atoms with van der Waals surface area (Å²) in [6.45, 7) is 3.26. The summed E-state index contributed by atoms with van der Waals surface area (Å²) in [5.74, 6) is -0.719. The van der Waals surface area contributed by atoms with Crippen molar-refractivity contribution in [2.45, 2.75) is 17.9 Å². The molecule has 37 heavy (non-hydrogen) atoms. The Kier molecular flexibility index (Phi) is 16.3. The number of nitrogens with zero attached hydrogens (tertiary/aromatic N) is 2. The van der Waals surface area contributed by atoms with Gasteiger partial charge in [0.25, 0.3) is 0 Å². The molecule has 0 radical (unpaired) electrons. The average molecular weight is 560 g/mol. The van der Waals surface area contributed by atoms with Gasteiger partial charge in [-0.3, -0.25) is 4.79 Å². The Hall–Kier alpha value is -2.49. The van der Waals surface area contributed by atoms with Crippen molar-refractivity contribution in [1.82, 2.24) is 15.0 Å². The molecule has 0 atom stereocenters. The lowest BCUT2D eigenvalue weighted by Gasteiger charge is -2.08. The Morgan fingerprint density at radius 1 is 0.838 bits per heavy atom. The molecule has 2 aromatic heterocycles. The van der Waals surface area contributed by atoms with E-state index in [0.717, 1.165) is 5.03 Å². The highest BCUT2D eigenvalue weighted by atomic mass is 33.1. The highest BCUT2D eigenvalue weighted by molar-refractivity contribution is 8.76. The van der Waals surface area contributed by atoms with Crippen LogP contribution in [0.25, 0.3) is 0 Å². The molecule has 12 nitrogen and oxygen atoms in total. The fourth-order valence-electron chi connectivity index (χ4n) is 2.54. The van der Waals surface area contributed by atoms with Gasteiger partial charge in [-0.25, -0.2) is 9.78 Å². The fraction of sp³-hybridized carbons (Fsp3) is 0.522. The molecule has 0 fully saturated rings. The first-order valence-corrected chi connectivity index (χ1v) is 14.0. The van der Waals surface area contributed by atoms with Crippen LogP contribution in [0.2, 0.25) is 0 Å². The summed E-state index contributed by atoms with van der Waals surface area (Å²) in [7, 11) is 3.15. The Balaban J connectivity index is 1.27. The number of pyridine rings is 1. The number of hydrogen-bond acceptors (Lipinski definition) is 12. The molecule has 0 bridgehead atoms. The quantitative estimate of drug-likeness (QED) is 0.151. The predicted octanol–water partition coefficient (Wildman–Crippen LogP) is 1.65. The highest BCUT2D eigenvalue weighted by Crippen LogP contribution is 2.29. The van der Waals surface area contributed by atoms with Gasteiger partial charge in [0.15, 0.2) is 0 Å². The zero-order chi connectivity index (χ0) is 26.6. The van der Waals surface area contributed by atoms with Crippen molar-refractivity contribution in [2.75, 3.05) is 65.2 Å². The van der Waals surface area contributed by atoms with Gasteiger partial charge >= 0.3 is 5.97 Å². The third kappa shape index (κ3) is 14.7. The molecule has 1 amide bonds. The standard InChI is InChI=1S/C23H33N3O9S2/c27-19(7-18-36-37-20-3-1-2-8-25-20)24-9-11-32-13-15-34-17-16-33-14-12-31-10-6-23(30)35-26-21(28)4-5-22(26)29/h1-5,8,28-29H,6-7,9-18H2,(H,24,27). The second-order valence-corrected chi connectivity index (χ2v) is 9.62.